The molecular formula is C14H19BrN2O. The lowest BCUT2D eigenvalue weighted by Gasteiger charge is -2.22. The second-order valence-electron chi connectivity index (χ2n) is 4.97. The molecule has 3 nitrogen and oxygen atoms in total. The fraction of sp³-hybridized carbons (Fsp3) is 0.500. The molecule has 1 fully saturated rings. The third-order valence-electron chi connectivity index (χ3n) is 3.35. The van der Waals surface area contributed by atoms with Crippen LogP contribution in [0.5, 0.6) is 0 Å². The van der Waals surface area contributed by atoms with Crippen molar-refractivity contribution in [3.63, 3.8) is 0 Å². The number of carbonyl (C=O) groups is 1. The van der Waals surface area contributed by atoms with Crippen molar-refractivity contribution >= 4 is 27.5 Å². The minimum Gasteiger partial charge on any atom is -0.325 e. The average Bonchev–Trinajstić information content (AvgIpc) is 2.34. The van der Waals surface area contributed by atoms with Crippen molar-refractivity contribution in [1.29, 1.82) is 0 Å². The molecule has 1 aliphatic rings. The third-order valence-corrected chi connectivity index (χ3v) is 3.97. The van der Waals surface area contributed by atoms with Gasteiger partial charge >= 0.3 is 0 Å². The predicted molar refractivity (Wildman–Crippen MR) is 77.8 cm³/mol. The number of rotatable bonds is 2. The fourth-order valence-corrected chi connectivity index (χ4v) is 3.15. The molecule has 1 atom stereocenters. The first kappa shape index (κ1) is 13.6. The summed E-state index contributed by atoms with van der Waals surface area (Å²) < 4.78 is 0.956. The number of anilines is 1. The third kappa shape index (κ3) is 3.12. The van der Waals surface area contributed by atoms with E-state index < -0.39 is 0 Å². The maximum absolute atomic E-state index is 12.2. The van der Waals surface area contributed by atoms with Crippen LogP contribution in [0.25, 0.3) is 0 Å². The first-order valence-corrected chi connectivity index (χ1v) is 7.15. The minimum absolute atomic E-state index is 0.0892. The molecule has 1 aliphatic heterocycles. The molecule has 1 aromatic rings. The molecule has 2 rings (SSSR count). The van der Waals surface area contributed by atoms with Crippen molar-refractivity contribution in [2.75, 3.05) is 18.4 Å². The first-order chi connectivity index (χ1) is 8.58. The Labute approximate surface area is 116 Å². The zero-order valence-corrected chi connectivity index (χ0v) is 12.4. The normalized spacial score (nSPS) is 19.6. The Morgan fingerprint density at radius 1 is 1.44 bits per heavy atom. The van der Waals surface area contributed by atoms with Gasteiger partial charge in [0, 0.05) is 11.0 Å². The maximum atomic E-state index is 12.2. The molecule has 0 radical (unpaired) electrons. The van der Waals surface area contributed by atoms with Crippen LogP contribution in [-0.4, -0.2) is 19.0 Å². The summed E-state index contributed by atoms with van der Waals surface area (Å²) in [5, 5.41) is 6.32. The van der Waals surface area contributed by atoms with Gasteiger partial charge in [0.05, 0.1) is 11.6 Å². The van der Waals surface area contributed by atoms with Crippen LogP contribution in [0.15, 0.2) is 16.6 Å². The Hall–Kier alpha value is -0.870. The van der Waals surface area contributed by atoms with Crippen LogP contribution >= 0.6 is 15.9 Å². The number of hydrogen-bond acceptors (Lipinski definition) is 2. The molecule has 1 saturated heterocycles. The lowest BCUT2D eigenvalue weighted by Crippen LogP contribution is -2.37. The second kappa shape index (κ2) is 5.85. The van der Waals surface area contributed by atoms with Crippen LogP contribution in [0.1, 0.15) is 24.0 Å². The Kier molecular flexibility index (Phi) is 4.40. The van der Waals surface area contributed by atoms with Crippen molar-refractivity contribution in [1.82, 2.24) is 5.32 Å². The molecule has 0 saturated carbocycles. The quantitative estimate of drug-likeness (QED) is 0.881. The Morgan fingerprint density at radius 3 is 2.83 bits per heavy atom. The summed E-state index contributed by atoms with van der Waals surface area (Å²) in [6, 6.07) is 4.11. The van der Waals surface area contributed by atoms with Gasteiger partial charge in [0.2, 0.25) is 5.91 Å². The van der Waals surface area contributed by atoms with E-state index in [0.29, 0.717) is 0 Å². The van der Waals surface area contributed by atoms with Crippen molar-refractivity contribution in [3.8, 4) is 0 Å². The highest BCUT2D eigenvalue weighted by Crippen LogP contribution is 2.28. The van der Waals surface area contributed by atoms with Crippen LogP contribution < -0.4 is 10.6 Å². The summed E-state index contributed by atoms with van der Waals surface area (Å²) in [4.78, 5) is 12.2. The van der Waals surface area contributed by atoms with Gasteiger partial charge in [-0.1, -0.05) is 6.07 Å². The summed E-state index contributed by atoms with van der Waals surface area (Å²) in [5.74, 6) is 0.209. The highest BCUT2D eigenvalue weighted by Gasteiger charge is 2.21. The number of benzene rings is 1. The molecule has 1 aromatic carbocycles. The van der Waals surface area contributed by atoms with E-state index in [1.165, 1.54) is 5.56 Å². The highest BCUT2D eigenvalue weighted by molar-refractivity contribution is 9.10. The number of halogens is 1. The molecule has 2 N–H and O–H groups in total. The van der Waals surface area contributed by atoms with E-state index in [1.807, 2.05) is 13.0 Å². The molecule has 18 heavy (non-hydrogen) atoms. The van der Waals surface area contributed by atoms with Crippen LogP contribution in [0.3, 0.4) is 0 Å². The first-order valence-electron chi connectivity index (χ1n) is 6.36. The molecule has 1 heterocycles. The summed E-state index contributed by atoms with van der Waals surface area (Å²) in [7, 11) is 0. The maximum Gasteiger partial charge on any atom is 0.228 e. The second-order valence-corrected chi connectivity index (χ2v) is 5.83. The van der Waals surface area contributed by atoms with E-state index in [9.17, 15) is 4.79 Å². The van der Waals surface area contributed by atoms with Crippen molar-refractivity contribution in [2.24, 2.45) is 5.92 Å². The van der Waals surface area contributed by atoms with Gasteiger partial charge in [-0.3, -0.25) is 4.79 Å². The molecule has 0 bridgehead atoms. The number of aryl methyl sites for hydroxylation is 2. The number of carbonyl (C=O) groups excluding carboxylic acids is 1. The molecule has 1 amide bonds. The summed E-state index contributed by atoms with van der Waals surface area (Å²) in [5.41, 5.74) is 3.19. The van der Waals surface area contributed by atoms with Crippen LogP contribution in [-0.2, 0) is 4.79 Å². The van der Waals surface area contributed by atoms with E-state index in [2.05, 4.69) is 39.6 Å². The van der Waals surface area contributed by atoms with Crippen molar-refractivity contribution < 1.29 is 4.79 Å². The molecular weight excluding hydrogens is 292 g/mol. The van der Waals surface area contributed by atoms with E-state index in [4.69, 9.17) is 0 Å². The molecule has 0 aromatic heterocycles. The summed E-state index contributed by atoms with van der Waals surface area (Å²) in [6.45, 7) is 5.88. The fourth-order valence-electron chi connectivity index (χ4n) is 2.37. The Bertz CT molecular complexity index is 430. The van der Waals surface area contributed by atoms with Crippen LogP contribution in [0, 0.1) is 19.8 Å². The zero-order valence-electron chi connectivity index (χ0n) is 10.8. The average molecular weight is 311 g/mol. The summed E-state index contributed by atoms with van der Waals surface area (Å²) in [6.07, 6.45) is 2.05. The molecule has 0 unspecified atom stereocenters. The topological polar surface area (TPSA) is 41.1 Å². The van der Waals surface area contributed by atoms with Gasteiger partial charge in [-0.15, -0.1) is 0 Å². The largest absolute Gasteiger partial charge is 0.325 e. The van der Waals surface area contributed by atoms with Crippen molar-refractivity contribution in [3.05, 3.63) is 27.7 Å². The predicted octanol–water partition coefficient (Wildman–Crippen LogP) is 3.00. The number of hydrogen-bond donors (Lipinski definition) is 2. The highest BCUT2D eigenvalue weighted by atomic mass is 79.9. The molecule has 0 aliphatic carbocycles. The van der Waals surface area contributed by atoms with Gasteiger partial charge in [-0.25, -0.2) is 0 Å². The Balaban J connectivity index is 2.11. The van der Waals surface area contributed by atoms with E-state index >= 15 is 0 Å². The number of piperidine rings is 1. The molecule has 98 valence electrons. The number of amides is 1. The van der Waals surface area contributed by atoms with Crippen molar-refractivity contribution in [2.45, 2.75) is 26.7 Å². The molecule has 0 spiro atoms. The van der Waals surface area contributed by atoms with Crippen LogP contribution in [0.2, 0.25) is 0 Å². The SMILES string of the molecule is Cc1cc(C)c(NC(=O)[C@@H]2CCCNC2)c(Br)c1. The number of nitrogens with one attached hydrogen (secondary N) is 2. The summed E-state index contributed by atoms with van der Waals surface area (Å²) >= 11 is 3.52. The smallest absolute Gasteiger partial charge is 0.228 e. The van der Waals surface area contributed by atoms with Gasteiger partial charge in [0.15, 0.2) is 0 Å². The lowest BCUT2D eigenvalue weighted by molar-refractivity contribution is -0.120. The van der Waals surface area contributed by atoms with Crippen LogP contribution in [0.4, 0.5) is 5.69 Å². The lowest BCUT2D eigenvalue weighted by atomic mass is 9.98. The Morgan fingerprint density at radius 2 is 2.22 bits per heavy atom. The van der Waals surface area contributed by atoms with Gasteiger partial charge in [-0.05, 0) is 66.4 Å². The minimum atomic E-state index is 0.0892. The van der Waals surface area contributed by atoms with E-state index in [1.54, 1.807) is 0 Å². The molecule has 4 heteroatoms. The van der Waals surface area contributed by atoms with E-state index in [0.717, 1.165) is 41.7 Å². The van der Waals surface area contributed by atoms with Gasteiger partial charge < -0.3 is 10.6 Å². The van der Waals surface area contributed by atoms with Gasteiger partial charge in [0.1, 0.15) is 0 Å². The zero-order chi connectivity index (χ0) is 13.1. The van der Waals surface area contributed by atoms with Gasteiger partial charge in [-0.2, -0.15) is 0 Å². The van der Waals surface area contributed by atoms with E-state index in [-0.39, 0.29) is 11.8 Å². The van der Waals surface area contributed by atoms with Gasteiger partial charge in [0.25, 0.3) is 0 Å². The monoisotopic (exact) mass is 310 g/mol. The standard InChI is InChI=1S/C14H19BrN2O/c1-9-6-10(2)13(12(15)7-9)17-14(18)11-4-3-5-16-8-11/h6-7,11,16H,3-5,8H2,1-2H3,(H,17,18)/t11-/m1/s1.